The molecule has 2 aromatic heterocycles. The predicted molar refractivity (Wildman–Crippen MR) is 109 cm³/mol. The van der Waals surface area contributed by atoms with Gasteiger partial charge in [0.05, 0.1) is 23.0 Å². The standard InChI is InChI=1S/C22H20N4O2/c1-14(2)26(13-20-24-18-10-6-4-8-16(18)21(27)25-20)22(28)19-12-11-15-7-3-5-9-17(15)23-19/h3-12,14H,13H2,1-2H3,(H,24,25,27). The summed E-state index contributed by atoms with van der Waals surface area (Å²) in [6.45, 7) is 4.06. The van der Waals surface area contributed by atoms with E-state index in [0.717, 1.165) is 10.9 Å². The van der Waals surface area contributed by atoms with Crippen LogP contribution in [-0.4, -0.2) is 31.8 Å². The Hall–Kier alpha value is -3.54. The Labute approximate surface area is 161 Å². The average Bonchev–Trinajstić information content (AvgIpc) is 2.71. The van der Waals surface area contributed by atoms with E-state index in [1.807, 2.05) is 50.2 Å². The molecule has 0 radical (unpaired) electrons. The van der Waals surface area contributed by atoms with Gasteiger partial charge in [-0.05, 0) is 38.1 Å². The van der Waals surface area contributed by atoms with Crippen LogP contribution in [0.1, 0.15) is 30.2 Å². The summed E-state index contributed by atoms with van der Waals surface area (Å²) in [7, 11) is 0. The number of carbonyl (C=O) groups excluding carboxylic acids is 1. The Morgan fingerprint density at radius 2 is 1.68 bits per heavy atom. The van der Waals surface area contributed by atoms with Crippen LogP contribution in [0.3, 0.4) is 0 Å². The summed E-state index contributed by atoms with van der Waals surface area (Å²) >= 11 is 0. The smallest absolute Gasteiger partial charge is 0.273 e. The molecule has 2 aromatic carbocycles. The molecular weight excluding hydrogens is 352 g/mol. The van der Waals surface area contributed by atoms with Gasteiger partial charge in [-0.15, -0.1) is 0 Å². The molecule has 0 atom stereocenters. The second-order valence-corrected chi connectivity index (χ2v) is 6.95. The first-order valence-electron chi connectivity index (χ1n) is 9.17. The fraction of sp³-hybridized carbons (Fsp3) is 0.182. The second-order valence-electron chi connectivity index (χ2n) is 6.95. The van der Waals surface area contributed by atoms with E-state index in [-0.39, 0.29) is 24.1 Å². The van der Waals surface area contributed by atoms with Crippen LogP contribution in [0.5, 0.6) is 0 Å². The SMILES string of the molecule is CC(C)N(Cc1nc2ccccc2c(=O)[nH]1)C(=O)c1ccc2ccccc2n1. The van der Waals surface area contributed by atoms with Crippen LogP contribution in [0.2, 0.25) is 0 Å². The molecule has 0 spiro atoms. The van der Waals surface area contributed by atoms with Crippen LogP contribution in [0.4, 0.5) is 0 Å². The Bertz CT molecular complexity index is 1230. The van der Waals surface area contributed by atoms with E-state index < -0.39 is 0 Å². The van der Waals surface area contributed by atoms with E-state index in [2.05, 4.69) is 15.0 Å². The van der Waals surface area contributed by atoms with Gasteiger partial charge in [0.2, 0.25) is 0 Å². The molecule has 0 aliphatic carbocycles. The quantitative estimate of drug-likeness (QED) is 0.594. The van der Waals surface area contributed by atoms with Crippen molar-refractivity contribution < 1.29 is 4.79 Å². The Morgan fingerprint density at radius 3 is 2.46 bits per heavy atom. The lowest BCUT2D eigenvalue weighted by atomic mass is 10.2. The number of amides is 1. The first-order chi connectivity index (χ1) is 13.5. The molecule has 0 aliphatic rings. The third-order valence-corrected chi connectivity index (χ3v) is 4.68. The number of pyridine rings is 1. The van der Waals surface area contributed by atoms with Crippen molar-refractivity contribution in [2.75, 3.05) is 0 Å². The molecule has 4 aromatic rings. The van der Waals surface area contributed by atoms with Crippen LogP contribution in [0.15, 0.2) is 65.5 Å². The lowest BCUT2D eigenvalue weighted by Crippen LogP contribution is -2.37. The van der Waals surface area contributed by atoms with Gasteiger partial charge in [-0.2, -0.15) is 0 Å². The van der Waals surface area contributed by atoms with E-state index >= 15 is 0 Å². The molecule has 4 rings (SSSR count). The van der Waals surface area contributed by atoms with Gasteiger partial charge < -0.3 is 9.88 Å². The molecule has 0 fully saturated rings. The van der Waals surface area contributed by atoms with Crippen molar-refractivity contribution in [3.05, 3.63) is 82.5 Å². The first kappa shape index (κ1) is 17.9. The largest absolute Gasteiger partial charge is 0.327 e. The van der Waals surface area contributed by atoms with Crippen LogP contribution < -0.4 is 5.56 Å². The van der Waals surface area contributed by atoms with Crippen molar-refractivity contribution in [1.82, 2.24) is 19.9 Å². The molecule has 0 saturated carbocycles. The number of carbonyl (C=O) groups is 1. The number of nitrogens with zero attached hydrogens (tertiary/aromatic N) is 3. The van der Waals surface area contributed by atoms with Crippen LogP contribution in [-0.2, 0) is 6.54 Å². The second kappa shape index (κ2) is 7.23. The lowest BCUT2D eigenvalue weighted by molar-refractivity contribution is 0.0679. The van der Waals surface area contributed by atoms with Crippen LogP contribution in [0, 0.1) is 0 Å². The Balaban J connectivity index is 1.68. The maximum atomic E-state index is 13.1. The zero-order valence-electron chi connectivity index (χ0n) is 15.7. The van der Waals surface area contributed by atoms with Gasteiger partial charge in [-0.25, -0.2) is 9.97 Å². The first-order valence-corrected chi connectivity index (χ1v) is 9.17. The molecule has 28 heavy (non-hydrogen) atoms. The Kier molecular flexibility index (Phi) is 4.61. The van der Waals surface area contributed by atoms with Crippen LogP contribution in [0.25, 0.3) is 21.8 Å². The molecule has 0 unspecified atom stereocenters. The zero-order valence-corrected chi connectivity index (χ0v) is 15.7. The van der Waals surface area contributed by atoms with Crippen molar-refractivity contribution in [2.24, 2.45) is 0 Å². The molecule has 1 amide bonds. The van der Waals surface area contributed by atoms with Gasteiger partial charge >= 0.3 is 0 Å². The summed E-state index contributed by atoms with van der Waals surface area (Å²) in [4.78, 5) is 38.9. The highest BCUT2D eigenvalue weighted by Crippen LogP contribution is 2.16. The summed E-state index contributed by atoms with van der Waals surface area (Å²) in [5.41, 5.74) is 1.55. The van der Waals surface area contributed by atoms with E-state index in [1.54, 1.807) is 29.2 Å². The third kappa shape index (κ3) is 3.36. The van der Waals surface area contributed by atoms with E-state index in [4.69, 9.17) is 0 Å². The number of aromatic amines is 1. The number of fused-ring (bicyclic) bond motifs is 2. The van der Waals surface area contributed by atoms with Crippen molar-refractivity contribution >= 4 is 27.7 Å². The van der Waals surface area contributed by atoms with Gasteiger partial charge in [0.15, 0.2) is 0 Å². The summed E-state index contributed by atoms with van der Waals surface area (Å²) in [5, 5.41) is 1.51. The number of nitrogens with one attached hydrogen (secondary N) is 1. The molecule has 1 N–H and O–H groups in total. The normalized spacial score (nSPS) is 11.2. The minimum Gasteiger partial charge on any atom is -0.327 e. The van der Waals surface area contributed by atoms with E-state index in [9.17, 15) is 9.59 Å². The minimum atomic E-state index is -0.208. The third-order valence-electron chi connectivity index (χ3n) is 4.68. The van der Waals surface area contributed by atoms with E-state index in [0.29, 0.717) is 22.4 Å². The monoisotopic (exact) mass is 372 g/mol. The highest BCUT2D eigenvalue weighted by molar-refractivity contribution is 5.95. The van der Waals surface area contributed by atoms with E-state index in [1.165, 1.54) is 0 Å². The Morgan fingerprint density at radius 1 is 0.964 bits per heavy atom. The molecular formula is C22H20N4O2. The maximum Gasteiger partial charge on any atom is 0.273 e. The van der Waals surface area contributed by atoms with Crippen molar-refractivity contribution in [3.8, 4) is 0 Å². The summed E-state index contributed by atoms with van der Waals surface area (Å²) < 4.78 is 0. The van der Waals surface area contributed by atoms with Gasteiger partial charge in [0, 0.05) is 11.4 Å². The number of para-hydroxylation sites is 2. The van der Waals surface area contributed by atoms with Gasteiger partial charge in [-0.3, -0.25) is 9.59 Å². The molecule has 0 aliphatic heterocycles. The van der Waals surface area contributed by atoms with Crippen molar-refractivity contribution in [3.63, 3.8) is 0 Å². The molecule has 2 heterocycles. The number of hydrogen-bond acceptors (Lipinski definition) is 4. The zero-order chi connectivity index (χ0) is 19.7. The number of hydrogen-bond donors (Lipinski definition) is 1. The predicted octanol–water partition coefficient (Wildman–Crippen LogP) is 3.52. The maximum absolute atomic E-state index is 13.1. The number of rotatable bonds is 4. The average molecular weight is 372 g/mol. The summed E-state index contributed by atoms with van der Waals surface area (Å²) in [6, 6.07) is 18.4. The van der Waals surface area contributed by atoms with Gasteiger partial charge in [0.25, 0.3) is 11.5 Å². The summed E-state index contributed by atoms with van der Waals surface area (Å²) in [6.07, 6.45) is 0. The van der Waals surface area contributed by atoms with Gasteiger partial charge in [0.1, 0.15) is 11.5 Å². The van der Waals surface area contributed by atoms with Crippen molar-refractivity contribution in [1.29, 1.82) is 0 Å². The van der Waals surface area contributed by atoms with Crippen molar-refractivity contribution in [2.45, 2.75) is 26.4 Å². The lowest BCUT2D eigenvalue weighted by Gasteiger charge is -2.26. The number of benzene rings is 2. The molecule has 6 nitrogen and oxygen atoms in total. The van der Waals surface area contributed by atoms with Crippen LogP contribution >= 0.6 is 0 Å². The minimum absolute atomic E-state index is 0.0856. The highest BCUT2D eigenvalue weighted by atomic mass is 16.2. The topological polar surface area (TPSA) is 79.0 Å². The molecule has 140 valence electrons. The fourth-order valence-corrected chi connectivity index (χ4v) is 3.19. The highest BCUT2D eigenvalue weighted by Gasteiger charge is 2.22. The summed E-state index contributed by atoms with van der Waals surface area (Å²) in [5.74, 6) is 0.253. The van der Waals surface area contributed by atoms with Gasteiger partial charge in [-0.1, -0.05) is 36.4 Å². The fourth-order valence-electron chi connectivity index (χ4n) is 3.19. The molecule has 6 heteroatoms. The molecule has 0 saturated heterocycles. The number of aromatic nitrogens is 3. The number of H-pyrrole nitrogens is 1. The molecule has 0 bridgehead atoms.